The van der Waals surface area contributed by atoms with Crippen LogP contribution < -0.4 is 5.32 Å². The van der Waals surface area contributed by atoms with Gasteiger partial charge in [-0.25, -0.2) is 0 Å². The van der Waals surface area contributed by atoms with Crippen molar-refractivity contribution in [2.24, 2.45) is 0 Å². The molecule has 0 atom stereocenters. The average molecular weight is 246 g/mol. The summed E-state index contributed by atoms with van der Waals surface area (Å²) in [5, 5.41) is 3.15. The Morgan fingerprint density at radius 1 is 1.17 bits per heavy atom. The largest absolute Gasteiger partial charge is 0.388 e. The van der Waals surface area contributed by atoms with Crippen LogP contribution in [0.3, 0.4) is 0 Å². The summed E-state index contributed by atoms with van der Waals surface area (Å²) in [6.45, 7) is 9.67. The van der Waals surface area contributed by atoms with Gasteiger partial charge in [-0.2, -0.15) is 0 Å². The summed E-state index contributed by atoms with van der Waals surface area (Å²) in [6, 6.07) is 8.70. The zero-order chi connectivity index (χ0) is 13.4. The molecule has 1 aromatic carbocycles. The molecule has 1 aliphatic heterocycles. The van der Waals surface area contributed by atoms with Crippen LogP contribution in [-0.4, -0.2) is 31.6 Å². The van der Waals surface area contributed by atoms with E-state index in [4.69, 9.17) is 0 Å². The molecule has 2 rings (SSSR count). The molecule has 0 aromatic heterocycles. The van der Waals surface area contributed by atoms with Crippen LogP contribution in [0, 0.1) is 0 Å². The first-order valence-electron chi connectivity index (χ1n) is 7.03. The predicted octanol–water partition coefficient (Wildman–Crippen LogP) is 3.86. The smallest absolute Gasteiger partial charge is 0.0337 e. The van der Waals surface area contributed by atoms with E-state index in [1.165, 1.54) is 29.8 Å². The molecular formula is C16H26N2. The fourth-order valence-electron chi connectivity index (χ4n) is 2.11. The second-order valence-corrected chi connectivity index (χ2v) is 4.20. The third kappa shape index (κ3) is 3.88. The van der Waals surface area contributed by atoms with Crippen LogP contribution in [0.15, 0.2) is 30.3 Å². The van der Waals surface area contributed by atoms with E-state index in [1.54, 1.807) is 0 Å². The van der Waals surface area contributed by atoms with Gasteiger partial charge in [-0.1, -0.05) is 39.0 Å². The first-order valence-corrected chi connectivity index (χ1v) is 7.03. The number of rotatable bonds is 3. The lowest BCUT2D eigenvalue weighted by atomic mass is 9.99. The maximum atomic E-state index is 3.15. The van der Waals surface area contributed by atoms with Gasteiger partial charge in [0.15, 0.2) is 0 Å². The van der Waals surface area contributed by atoms with Gasteiger partial charge in [-0.3, -0.25) is 4.90 Å². The van der Waals surface area contributed by atoms with Crippen LogP contribution in [0.2, 0.25) is 0 Å². The molecule has 1 N–H and O–H groups in total. The lowest BCUT2D eigenvalue weighted by molar-refractivity contribution is 0.319. The number of anilines is 1. The Morgan fingerprint density at radius 2 is 1.83 bits per heavy atom. The molecule has 2 nitrogen and oxygen atoms in total. The molecule has 18 heavy (non-hydrogen) atoms. The first-order chi connectivity index (χ1) is 8.83. The van der Waals surface area contributed by atoms with Gasteiger partial charge in [0.1, 0.15) is 0 Å². The Morgan fingerprint density at radius 3 is 2.28 bits per heavy atom. The van der Waals surface area contributed by atoms with Gasteiger partial charge in [-0.05, 0) is 36.2 Å². The van der Waals surface area contributed by atoms with Crippen LogP contribution in [0.4, 0.5) is 5.69 Å². The summed E-state index contributed by atoms with van der Waals surface area (Å²) in [7, 11) is 1.95. The van der Waals surface area contributed by atoms with Crippen LogP contribution in [0.25, 0.3) is 5.57 Å². The lowest BCUT2D eigenvalue weighted by Crippen LogP contribution is -2.27. The summed E-state index contributed by atoms with van der Waals surface area (Å²) >= 11 is 0. The Labute approximate surface area is 112 Å². The van der Waals surface area contributed by atoms with Crippen molar-refractivity contribution in [2.75, 3.05) is 32.0 Å². The Bertz CT molecular complexity index is 365. The fourth-order valence-corrected chi connectivity index (χ4v) is 2.11. The van der Waals surface area contributed by atoms with E-state index < -0.39 is 0 Å². The minimum atomic E-state index is 1.10. The maximum Gasteiger partial charge on any atom is 0.0337 e. The molecule has 0 bridgehead atoms. The van der Waals surface area contributed by atoms with Crippen LogP contribution in [0.1, 0.15) is 32.8 Å². The van der Waals surface area contributed by atoms with Crippen molar-refractivity contribution in [3.63, 3.8) is 0 Å². The highest BCUT2D eigenvalue weighted by atomic mass is 15.1. The highest BCUT2D eigenvalue weighted by molar-refractivity contribution is 5.68. The monoisotopic (exact) mass is 246 g/mol. The zero-order valence-corrected chi connectivity index (χ0v) is 12.2. The minimum absolute atomic E-state index is 1.10. The molecule has 0 saturated carbocycles. The highest BCUT2D eigenvalue weighted by Gasteiger charge is 2.10. The van der Waals surface area contributed by atoms with E-state index in [2.05, 4.69) is 47.5 Å². The summed E-state index contributed by atoms with van der Waals surface area (Å²) in [5.74, 6) is 0. The van der Waals surface area contributed by atoms with E-state index >= 15 is 0 Å². The van der Waals surface area contributed by atoms with Gasteiger partial charge < -0.3 is 5.32 Å². The quantitative estimate of drug-likeness (QED) is 0.871. The molecule has 0 spiro atoms. The summed E-state index contributed by atoms with van der Waals surface area (Å²) in [6.07, 6.45) is 3.54. The standard InChI is InChI=1S/C14H20N2.C2H6/c1-3-16-10-8-13(9-11-16)12-4-6-14(15-2)7-5-12;1-2/h4-8,15H,3,9-11H2,1-2H3;1-2H3. The lowest BCUT2D eigenvalue weighted by Gasteiger charge is -2.25. The molecule has 0 aliphatic carbocycles. The SMILES string of the molecule is CC.CCN1CC=C(c2ccc(NC)cc2)CC1. The molecular weight excluding hydrogens is 220 g/mol. The molecule has 2 heteroatoms. The molecule has 1 heterocycles. The highest BCUT2D eigenvalue weighted by Crippen LogP contribution is 2.23. The molecule has 1 aromatic rings. The van der Waals surface area contributed by atoms with Crippen LogP contribution in [-0.2, 0) is 0 Å². The van der Waals surface area contributed by atoms with E-state index in [0.717, 1.165) is 13.1 Å². The topological polar surface area (TPSA) is 15.3 Å². The predicted molar refractivity (Wildman–Crippen MR) is 82.0 cm³/mol. The van der Waals surface area contributed by atoms with Crippen molar-refractivity contribution < 1.29 is 0 Å². The number of nitrogens with zero attached hydrogens (tertiary/aromatic N) is 1. The average Bonchev–Trinajstić information content (AvgIpc) is 2.49. The second-order valence-electron chi connectivity index (χ2n) is 4.20. The van der Waals surface area contributed by atoms with Gasteiger partial charge in [0.05, 0.1) is 0 Å². The van der Waals surface area contributed by atoms with Gasteiger partial charge in [-0.15, -0.1) is 0 Å². The van der Waals surface area contributed by atoms with Crippen LogP contribution >= 0.6 is 0 Å². The van der Waals surface area contributed by atoms with Crippen molar-refractivity contribution >= 4 is 11.3 Å². The van der Waals surface area contributed by atoms with Gasteiger partial charge >= 0.3 is 0 Å². The maximum absolute atomic E-state index is 3.15. The van der Waals surface area contributed by atoms with Crippen molar-refractivity contribution in [3.05, 3.63) is 35.9 Å². The normalized spacial score (nSPS) is 15.4. The third-order valence-electron chi connectivity index (χ3n) is 3.28. The van der Waals surface area contributed by atoms with E-state index in [-0.39, 0.29) is 0 Å². The Hall–Kier alpha value is -1.28. The van der Waals surface area contributed by atoms with Crippen molar-refractivity contribution in [1.29, 1.82) is 0 Å². The summed E-state index contributed by atoms with van der Waals surface area (Å²) < 4.78 is 0. The summed E-state index contributed by atoms with van der Waals surface area (Å²) in [5.41, 5.74) is 4.04. The Kier molecular flexibility index (Phi) is 6.51. The molecule has 1 aliphatic rings. The molecule has 0 amide bonds. The van der Waals surface area contributed by atoms with Gasteiger partial charge in [0.25, 0.3) is 0 Å². The van der Waals surface area contributed by atoms with Crippen LogP contribution in [0.5, 0.6) is 0 Å². The number of benzene rings is 1. The molecule has 100 valence electrons. The number of hydrogen-bond acceptors (Lipinski definition) is 2. The summed E-state index contributed by atoms with van der Waals surface area (Å²) in [4.78, 5) is 2.46. The minimum Gasteiger partial charge on any atom is -0.388 e. The van der Waals surface area contributed by atoms with Crippen molar-refractivity contribution in [2.45, 2.75) is 27.2 Å². The van der Waals surface area contributed by atoms with Crippen molar-refractivity contribution in [1.82, 2.24) is 4.90 Å². The fraction of sp³-hybridized carbons (Fsp3) is 0.500. The molecule has 0 unspecified atom stereocenters. The third-order valence-corrected chi connectivity index (χ3v) is 3.28. The van der Waals surface area contributed by atoms with E-state index in [9.17, 15) is 0 Å². The first kappa shape index (κ1) is 14.8. The second kappa shape index (κ2) is 7.93. The molecule has 0 fully saturated rings. The number of likely N-dealkylation sites (N-methyl/N-ethyl adjacent to an activating group) is 1. The molecule has 0 radical (unpaired) electrons. The molecule has 0 saturated heterocycles. The van der Waals surface area contributed by atoms with E-state index in [1.807, 2.05) is 20.9 Å². The zero-order valence-electron chi connectivity index (χ0n) is 12.2. The van der Waals surface area contributed by atoms with Crippen molar-refractivity contribution in [3.8, 4) is 0 Å². The van der Waals surface area contributed by atoms with Gasteiger partial charge in [0.2, 0.25) is 0 Å². The van der Waals surface area contributed by atoms with Gasteiger partial charge in [0, 0.05) is 25.8 Å². The Balaban J connectivity index is 0.000000771. The number of hydrogen-bond donors (Lipinski definition) is 1. The van der Waals surface area contributed by atoms with E-state index in [0.29, 0.717) is 0 Å². The number of nitrogens with one attached hydrogen (secondary N) is 1.